The van der Waals surface area contributed by atoms with E-state index in [9.17, 15) is 4.79 Å². The van der Waals surface area contributed by atoms with Crippen LogP contribution in [0.2, 0.25) is 0 Å². The van der Waals surface area contributed by atoms with Crippen LogP contribution in [-0.4, -0.2) is 58.1 Å². The summed E-state index contributed by atoms with van der Waals surface area (Å²) in [6.07, 6.45) is 5.30. The third-order valence-electron chi connectivity index (χ3n) is 6.09. The van der Waals surface area contributed by atoms with E-state index in [2.05, 4.69) is 32.5 Å². The number of piperidine rings is 1. The number of hydrogen-bond acceptors (Lipinski definition) is 7. The summed E-state index contributed by atoms with van der Waals surface area (Å²) in [5.74, 6) is 2.63. The zero-order valence-electron chi connectivity index (χ0n) is 19.4. The molecule has 0 aliphatic carbocycles. The first kappa shape index (κ1) is 23.4. The largest absolute Gasteiger partial charge is 0.497 e. The average Bonchev–Trinajstić information content (AvgIpc) is 3.43. The first-order valence-electron chi connectivity index (χ1n) is 11.3. The smallest absolute Gasteiger partial charge is 0.230 e. The van der Waals surface area contributed by atoms with Crippen LogP contribution in [-0.2, 0) is 11.8 Å². The predicted octanol–water partition coefficient (Wildman–Crippen LogP) is 3.83. The van der Waals surface area contributed by atoms with E-state index in [1.54, 1.807) is 13.4 Å². The fourth-order valence-electron chi connectivity index (χ4n) is 4.20. The molecule has 0 saturated carbocycles. The lowest BCUT2D eigenvalue weighted by Crippen LogP contribution is -2.41. The van der Waals surface area contributed by atoms with Crippen molar-refractivity contribution in [2.24, 2.45) is 7.05 Å². The first-order valence-corrected chi connectivity index (χ1v) is 12.3. The standard InChI is InChI=1S/C24H31N5O3S/c1-17-20(11-14-32-17)23-26-27-24(28(23)2)33-16-22(30)25-15-21(29-12-5-4-6-13-29)18-7-9-19(31-3)10-8-18/h7-11,14,21H,4-6,12-13,15-16H2,1-3H3,(H,25,30)/t21-/m1/s1. The van der Waals surface area contributed by atoms with Crippen molar-refractivity contribution >= 4 is 17.7 Å². The lowest BCUT2D eigenvalue weighted by atomic mass is 10.0. The van der Waals surface area contributed by atoms with Crippen LogP contribution in [0.15, 0.2) is 46.2 Å². The maximum absolute atomic E-state index is 12.7. The van der Waals surface area contributed by atoms with Gasteiger partial charge in [-0.1, -0.05) is 30.3 Å². The molecule has 1 amide bonds. The minimum atomic E-state index is -0.0143. The number of methoxy groups -OCH3 is 1. The van der Waals surface area contributed by atoms with Gasteiger partial charge < -0.3 is 19.0 Å². The Balaban J connectivity index is 1.36. The van der Waals surface area contributed by atoms with Gasteiger partial charge in [0.15, 0.2) is 11.0 Å². The fourth-order valence-corrected chi connectivity index (χ4v) is 4.94. The summed E-state index contributed by atoms with van der Waals surface area (Å²) >= 11 is 1.38. The number of aromatic nitrogens is 3. The summed E-state index contributed by atoms with van der Waals surface area (Å²) < 4.78 is 12.6. The highest BCUT2D eigenvalue weighted by Crippen LogP contribution is 2.27. The quantitative estimate of drug-likeness (QED) is 0.477. The molecule has 0 unspecified atom stereocenters. The molecule has 3 heterocycles. The van der Waals surface area contributed by atoms with Gasteiger partial charge in [0.25, 0.3) is 0 Å². The topological polar surface area (TPSA) is 85.4 Å². The minimum Gasteiger partial charge on any atom is -0.497 e. The van der Waals surface area contributed by atoms with Gasteiger partial charge in [0, 0.05) is 13.6 Å². The SMILES string of the molecule is COc1ccc([C@@H](CNC(=O)CSc2nnc(-c3ccoc3C)n2C)N2CCCCC2)cc1. The molecule has 176 valence electrons. The van der Waals surface area contributed by atoms with Gasteiger partial charge in [-0.2, -0.15) is 0 Å². The van der Waals surface area contributed by atoms with E-state index in [4.69, 9.17) is 9.15 Å². The molecule has 1 fully saturated rings. The summed E-state index contributed by atoms with van der Waals surface area (Å²) in [7, 11) is 3.57. The van der Waals surface area contributed by atoms with Crippen LogP contribution in [0, 0.1) is 6.92 Å². The van der Waals surface area contributed by atoms with Crippen molar-refractivity contribution in [2.45, 2.75) is 37.4 Å². The van der Waals surface area contributed by atoms with Gasteiger partial charge >= 0.3 is 0 Å². The number of carbonyl (C=O) groups is 1. The molecular weight excluding hydrogens is 438 g/mol. The number of aryl methyl sites for hydroxylation is 1. The van der Waals surface area contributed by atoms with Gasteiger partial charge in [-0.15, -0.1) is 10.2 Å². The van der Waals surface area contributed by atoms with E-state index in [0.29, 0.717) is 11.7 Å². The van der Waals surface area contributed by atoms with Crippen molar-refractivity contribution in [1.82, 2.24) is 25.0 Å². The van der Waals surface area contributed by atoms with Gasteiger partial charge in [0.1, 0.15) is 11.5 Å². The van der Waals surface area contributed by atoms with E-state index < -0.39 is 0 Å². The molecule has 1 N–H and O–H groups in total. The highest BCUT2D eigenvalue weighted by molar-refractivity contribution is 7.99. The Morgan fingerprint density at radius 1 is 1.18 bits per heavy atom. The van der Waals surface area contributed by atoms with Gasteiger partial charge in [0.2, 0.25) is 5.91 Å². The van der Waals surface area contributed by atoms with Crippen LogP contribution in [0.25, 0.3) is 11.4 Å². The van der Waals surface area contributed by atoms with E-state index in [1.165, 1.54) is 36.6 Å². The Morgan fingerprint density at radius 2 is 1.94 bits per heavy atom. The Kier molecular flexibility index (Phi) is 7.72. The summed E-state index contributed by atoms with van der Waals surface area (Å²) in [6.45, 7) is 4.57. The average molecular weight is 470 g/mol. The number of carbonyl (C=O) groups excluding carboxylic acids is 1. The molecule has 0 spiro atoms. The van der Waals surface area contributed by atoms with Gasteiger partial charge in [-0.3, -0.25) is 9.69 Å². The van der Waals surface area contributed by atoms with Crippen LogP contribution in [0.1, 0.15) is 36.6 Å². The number of amides is 1. The summed E-state index contributed by atoms with van der Waals surface area (Å²) in [6, 6.07) is 10.2. The van der Waals surface area contributed by atoms with Gasteiger partial charge in [0.05, 0.1) is 30.7 Å². The second kappa shape index (κ2) is 10.9. The number of likely N-dealkylation sites (tertiary alicyclic amines) is 1. The molecule has 4 rings (SSSR count). The number of hydrogen-bond donors (Lipinski definition) is 1. The van der Waals surface area contributed by atoms with Crippen molar-refractivity contribution in [2.75, 3.05) is 32.5 Å². The van der Waals surface area contributed by atoms with Gasteiger partial charge in [-0.25, -0.2) is 0 Å². The molecule has 2 aromatic heterocycles. The Morgan fingerprint density at radius 3 is 2.61 bits per heavy atom. The Hall–Kier alpha value is -2.78. The number of thioether (sulfide) groups is 1. The highest BCUT2D eigenvalue weighted by Gasteiger charge is 2.23. The van der Waals surface area contributed by atoms with Crippen LogP contribution in [0.4, 0.5) is 0 Å². The number of nitrogens with one attached hydrogen (secondary N) is 1. The van der Waals surface area contributed by atoms with E-state index >= 15 is 0 Å². The molecule has 1 aliphatic rings. The number of ether oxygens (including phenoxy) is 1. The second-order valence-electron chi connectivity index (χ2n) is 8.23. The molecule has 1 aromatic carbocycles. The van der Waals surface area contributed by atoms with Crippen molar-refractivity contribution in [3.05, 3.63) is 47.9 Å². The summed E-state index contributed by atoms with van der Waals surface area (Å²) in [4.78, 5) is 15.2. The number of nitrogens with zero attached hydrogens (tertiary/aromatic N) is 4. The maximum atomic E-state index is 12.7. The van der Waals surface area contributed by atoms with E-state index in [1.807, 2.05) is 36.7 Å². The molecule has 33 heavy (non-hydrogen) atoms. The molecule has 0 bridgehead atoms. The normalized spacial score (nSPS) is 15.4. The van der Waals surface area contributed by atoms with Crippen LogP contribution in [0.3, 0.4) is 0 Å². The maximum Gasteiger partial charge on any atom is 0.230 e. The van der Waals surface area contributed by atoms with Gasteiger partial charge in [-0.05, 0) is 56.6 Å². The van der Waals surface area contributed by atoms with Crippen molar-refractivity contribution in [3.8, 4) is 17.1 Å². The molecule has 0 radical (unpaired) electrons. The van der Waals surface area contributed by atoms with Crippen molar-refractivity contribution < 1.29 is 13.9 Å². The van der Waals surface area contributed by atoms with Crippen LogP contribution in [0.5, 0.6) is 5.75 Å². The summed E-state index contributed by atoms with van der Waals surface area (Å²) in [5, 5.41) is 12.4. The van der Waals surface area contributed by atoms with E-state index in [-0.39, 0.29) is 17.7 Å². The number of furan rings is 1. The lowest BCUT2D eigenvalue weighted by molar-refractivity contribution is -0.118. The Labute approximate surface area is 198 Å². The van der Waals surface area contributed by atoms with Crippen molar-refractivity contribution in [1.29, 1.82) is 0 Å². The molecule has 1 saturated heterocycles. The third kappa shape index (κ3) is 5.59. The second-order valence-corrected chi connectivity index (χ2v) is 9.18. The molecular formula is C24H31N5O3S. The molecule has 3 aromatic rings. The first-order chi connectivity index (χ1) is 16.1. The van der Waals surface area contributed by atoms with Crippen molar-refractivity contribution in [3.63, 3.8) is 0 Å². The van der Waals surface area contributed by atoms with E-state index in [0.717, 1.165) is 36.0 Å². The lowest BCUT2D eigenvalue weighted by Gasteiger charge is -2.35. The zero-order chi connectivity index (χ0) is 23.2. The molecule has 1 aliphatic heterocycles. The molecule has 1 atom stereocenters. The fraction of sp³-hybridized carbons (Fsp3) is 0.458. The zero-order valence-corrected chi connectivity index (χ0v) is 20.2. The van der Waals surface area contributed by atoms with Crippen LogP contribution >= 0.6 is 11.8 Å². The number of rotatable bonds is 9. The molecule has 8 nitrogen and oxygen atoms in total. The number of benzene rings is 1. The Bertz CT molecular complexity index is 1060. The minimum absolute atomic E-state index is 0.0143. The monoisotopic (exact) mass is 469 g/mol. The third-order valence-corrected chi connectivity index (χ3v) is 7.11. The predicted molar refractivity (Wildman–Crippen MR) is 128 cm³/mol. The van der Waals surface area contributed by atoms with Crippen LogP contribution < -0.4 is 10.1 Å². The highest BCUT2D eigenvalue weighted by atomic mass is 32.2. The summed E-state index contributed by atoms with van der Waals surface area (Å²) in [5.41, 5.74) is 2.10. The molecule has 9 heteroatoms.